The lowest BCUT2D eigenvalue weighted by molar-refractivity contribution is -0.116. The molecule has 0 bridgehead atoms. The van der Waals surface area contributed by atoms with E-state index in [-0.39, 0.29) is 18.0 Å². The first-order valence-electron chi connectivity index (χ1n) is 14.5. The number of aryl methyl sites for hydroxylation is 2. The summed E-state index contributed by atoms with van der Waals surface area (Å²) in [4.78, 5) is 52.9. The van der Waals surface area contributed by atoms with Crippen LogP contribution in [-0.2, 0) is 18.4 Å². The van der Waals surface area contributed by atoms with Crippen molar-refractivity contribution in [2.24, 2.45) is 12.8 Å². The first kappa shape index (κ1) is 30.1. The number of hydrogen-bond donors (Lipinski definition) is 2. The molecule has 4 aromatic rings. The fourth-order valence-electron chi connectivity index (χ4n) is 5.93. The highest BCUT2D eigenvalue weighted by molar-refractivity contribution is 6.52. The van der Waals surface area contributed by atoms with E-state index in [0.717, 1.165) is 41.0 Å². The molecule has 5 rings (SSSR count). The third-order valence-corrected chi connectivity index (χ3v) is 9.08. The van der Waals surface area contributed by atoms with Crippen LogP contribution >= 0.6 is 0 Å². The van der Waals surface area contributed by atoms with Gasteiger partial charge in [-0.3, -0.25) is 19.3 Å². The molecule has 3 aromatic heterocycles. The number of rotatable bonds is 6. The Balaban J connectivity index is 1.50. The van der Waals surface area contributed by atoms with Crippen LogP contribution in [0.15, 0.2) is 35.6 Å². The van der Waals surface area contributed by atoms with Crippen LogP contribution in [0.5, 0.6) is 0 Å². The molecule has 0 radical (unpaired) electrons. The summed E-state index contributed by atoms with van der Waals surface area (Å²) in [5.41, 5.74) is 11.7. The van der Waals surface area contributed by atoms with Crippen LogP contribution in [0, 0.1) is 13.8 Å². The smallest absolute Gasteiger partial charge is 0.263 e. The van der Waals surface area contributed by atoms with Crippen molar-refractivity contribution in [1.29, 1.82) is 0 Å². The second-order valence-corrected chi connectivity index (χ2v) is 11.9. The van der Waals surface area contributed by atoms with Crippen molar-refractivity contribution in [2.45, 2.75) is 46.3 Å². The Morgan fingerprint density at radius 1 is 1.05 bits per heavy atom. The minimum Gasteiger partial charge on any atom is -0.366 e. The fourth-order valence-corrected chi connectivity index (χ4v) is 5.93. The predicted octanol–water partition coefficient (Wildman–Crippen LogP) is -0.803. The van der Waals surface area contributed by atoms with Gasteiger partial charge in [0, 0.05) is 67.5 Å². The lowest BCUT2D eigenvalue weighted by atomic mass is 9.72. The Morgan fingerprint density at radius 3 is 2.37 bits per heavy atom. The number of piperazine rings is 1. The number of nitrogens with one attached hydrogen (secondary N) is 1. The number of aromatic nitrogens is 4. The van der Waals surface area contributed by atoms with Crippen LogP contribution in [0.4, 0.5) is 11.5 Å². The molecule has 0 aliphatic carbocycles. The van der Waals surface area contributed by atoms with Crippen molar-refractivity contribution in [1.82, 2.24) is 24.0 Å². The first-order chi connectivity index (χ1) is 20.3. The topological polar surface area (TPSA) is 131 Å². The Labute approximate surface area is 252 Å². The molecule has 1 saturated heterocycles. The maximum atomic E-state index is 13.5. The molecule has 0 spiro atoms. The number of nitrogens with two attached hydrogens (primary N) is 1. The van der Waals surface area contributed by atoms with Crippen LogP contribution in [0.2, 0.25) is 0 Å². The normalized spacial score (nSPS) is 17.4. The fraction of sp³-hybridized carbons (Fsp3) is 0.367. The summed E-state index contributed by atoms with van der Waals surface area (Å²) in [5, 5.41) is 3.43. The van der Waals surface area contributed by atoms with Gasteiger partial charge < -0.3 is 25.1 Å². The van der Waals surface area contributed by atoms with Gasteiger partial charge in [-0.15, -0.1) is 0 Å². The number of pyridine rings is 1. The Kier molecular flexibility index (Phi) is 7.95. The number of carbonyl (C=O) groups is 2. The van der Waals surface area contributed by atoms with Gasteiger partial charge in [0.15, 0.2) is 0 Å². The second kappa shape index (κ2) is 11.4. The summed E-state index contributed by atoms with van der Waals surface area (Å²) in [7, 11) is 7.65. The van der Waals surface area contributed by atoms with Crippen molar-refractivity contribution in [3.63, 3.8) is 0 Å². The summed E-state index contributed by atoms with van der Waals surface area (Å²) in [6, 6.07) is 4.41. The molecular weight excluding hydrogens is 542 g/mol. The van der Waals surface area contributed by atoms with Crippen LogP contribution in [0.25, 0.3) is 22.2 Å². The molecule has 1 fully saturated rings. The zero-order valence-corrected chi connectivity index (χ0v) is 26.1. The lowest BCUT2D eigenvalue weighted by Crippen LogP contribution is -2.55. The average Bonchev–Trinajstić information content (AvgIpc) is 3.31. The van der Waals surface area contributed by atoms with Gasteiger partial charge in [-0.25, -0.2) is 9.97 Å². The number of amides is 2. The molecule has 222 valence electrons. The van der Waals surface area contributed by atoms with Gasteiger partial charge in [-0.1, -0.05) is 10.9 Å². The predicted molar refractivity (Wildman–Crippen MR) is 177 cm³/mol. The SMILES string of the molecule is Bc1c(-c2cn(CC(=O)Nc3cc(N4CC(C)N(C)C(C)C4)ncc3C)c3ncn(C)c(=O)c23)cc(C(N)=O)c(C)c1B. The highest BCUT2D eigenvalue weighted by Gasteiger charge is 2.28. The van der Waals surface area contributed by atoms with Crippen LogP contribution < -0.4 is 32.4 Å². The molecule has 43 heavy (non-hydrogen) atoms. The molecule has 1 aliphatic rings. The number of hydrogen-bond acceptors (Lipinski definition) is 7. The monoisotopic (exact) mass is 580 g/mol. The number of primary amides is 1. The molecule has 0 saturated carbocycles. The third-order valence-electron chi connectivity index (χ3n) is 9.08. The van der Waals surface area contributed by atoms with E-state index in [9.17, 15) is 14.4 Å². The summed E-state index contributed by atoms with van der Waals surface area (Å²) < 4.78 is 3.09. The maximum Gasteiger partial charge on any atom is 0.263 e. The molecule has 2 unspecified atom stereocenters. The van der Waals surface area contributed by atoms with Crippen LogP contribution in [0.1, 0.15) is 35.3 Å². The zero-order chi connectivity index (χ0) is 31.3. The molecule has 3 N–H and O–H groups in total. The second-order valence-electron chi connectivity index (χ2n) is 11.9. The highest BCUT2D eigenvalue weighted by Crippen LogP contribution is 2.28. The number of benzene rings is 1. The number of carbonyl (C=O) groups excluding carboxylic acids is 2. The van der Waals surface area contributed by atoms with Crippen LogP contribution in [0.3, 0.4) is 0 Å². The van der Waals surface area contributed by atoms with Crippen molar-refractivity contribution in [3.05, 3.63) is 57.9 Å². The van der Waals surface area contributed by atoms with E-state index in [0.29, 0.717) is 45.5 Å². The summed E-state index contributed by atoms with van der Waals surface area (Å²) in [6.45, 7) is 9.79. The average molecular weight is 580 g/mol. The van der Waals surface area contributed by atoms with Crippen molar-refractivity contribution >= 4 is 61.0 Å². The molecule has 11 nitrogen and oxygen atoms in total. The zero-order valence-electron chi connectivity index (χ0n) is 26.1. The number of anilines is 2. The standard InChI is InChI=1S/C30H38B2N8O3/c1-15-9-34-23(39-10-16(2)38(6)17(3)11-39)8-22(15)36-24(41)13-40-12-21(25-29(40)35-14-37(5)30(25)43)20-7-19(28(33)42)18(4)26(31)27(20)32/h7-9,12,14,16-17H,10-11,13,31-32H2,1-6H3,(H2,33,42)(H,34,36,41). The number of fused-ring (bicyclic) bond motifs is 1. The summed E-state index contributed by atoms with van der Waals surface area (Å²) in [6.07, 6.45) is 4.99. The van der Waals surface area contributed by atoms with Gasteiger partial charge in [0.2, 0.25) is 11.8 Å². The molecule has 4 heterocycles. The molecular formula is C30H38B2N8O3. The van der Waals surface area contributed by atoms with E-state index in [2.05, 4.69) is 46.0 Å². The van der Waals surface area contributed by atoms with E-state index in [4.69, 9.17) is 5.73 Å². The minimum absolute atomic E-state index is 0.0666. The third kappa shape index (κ3) is 5.45. The van der Waals surface area contributed by atoms with E-state index in [1.54, 1.807) is 30.1 Å². The van der Waals surface area contributed by atoms with Gasteiger partial charge in [0.05, 0.1) is 11.7 Å². The van der Waals surface area contributed by atoms with E-state index >= 15 is 0 Å². The van der Waals surface area contributed by atoms with Crippen LogP contribution in [-0.4, -0.2) is 83.7 Å². The van der Waals surface area contributed by atoms with E-state index in [1.807, 2.05) is 35.6 Å². The van der Waals surface area contributed by atoms with Gasteiger partial charge in [-0.2, -0.15) is 0 Å². The van der Waals surface area contributed by atoms with Gasteiger partial charge in [-0.05, 0) is 57.5 Å². The van der Waals surface area contributed by atoms with Crippen molar-refractivity contribution in [3.8, 4) is 11.1 Å². The Morgan fingerprint density at radius 2 is 1.72 bits per heavy atom. The largest absolute Gasteiger partial charge is 0.366 e. The number of likely N-dealkylation sites (N-methyl/N-ethyl adjacent to an activating group) is 1. The van der Waals surface area contributed by atoms with Gasteiger partial charge in [0.25, 0.3) is 5.56 Å². The summed E-state index contributed by atoms with van der Waals surface area (Å²) in [5.74, 6) is 0.0199. The quantitative estimate of drug-likeness (QED) is 0.286. The molecule has 13 heteroatoms. The summed E-state index contributed by atoms with van der Waals surface area (Å²) >= 11 is 0. The first-order valence-corrected chi connectivity index (χ1v) is 14.5. The van der Waals surface area contributed by atoms with Gasteiger partial charge in [0.1, 0.15) is 33.7 Å². The molecule has 2 amide bonds. The lowest BCUT2D eigenvalue weighted by Gasteiger charge is -2.43. The minimum atomic E-state index is -0.538. The molecule has 1 aromatic carbocycles. The van der Waals surface area contributed by atoms with Crippen molar-refractivity contribution < 1.29 is 9.59 Å². The van der Waals surface area contributed by atoms with Gasteiger partial charge >= 0.3 is 0 Å². The Hall–Kier alpha value is -4.38. The molecule has 1 aliphatic heterocycles. The number of nitrogens with zero attached hydrogens (tertiary/aromatic N) is 6. The maximum absolute atomic E-state index is 13.5. The Bertz CT molecular complexity index is 1820. The highest BCUT2D eigenvalue weighted by atomic mass is 16.2. The van der Waals surface area contributed by atoms with E-state index < -0.39 is 5.91 Å². The van der Waals surface area contributed by atoms with E-state index in [1.165, 1.54) is 10.9 Å². The molecule has 2 atom stereocenters. The van der Waals surface area contributed by atoms with Crippen molar-refractivity contribution in [2.75, 3.05) is 30.4 Å².